The lowest BCUT2D eigenvalue weighted by Gasteiger charge is -2.29. The third-order valence-corrected chi connectivity index (χ3v) is 3.25. The van der Waals surface area contributed by atoms with Crippen LogP contribution in [0, 0.1) is 5.82 Å². The summed E-state index contributed by atoms with van der Waals surface area (Å²) in [5.41, 5.74) is 0.594. The van der Waals surface area contributed by atoms with Crippen molar-refractivity contribution in [2.45, 2.75) is 12.5 Å². The average molecular weight is 238 g/mol. The highest BCUT2D eigenvalue weighted by molar-refractivity contribution is 5.21. The van der Waals surface area contributed by atoms with Gasteiger partial charge in [0, 0.05) is 25.2 Å². The number of aliphatic hydroxyl groups excluding tert-OH is 1. The molecule has 2 N–H and O–H groups in total. The standard InChI is InChI=1S/C13H19FN2O/c14-12-5-2-1-4-11(12)13(10-17)16-8-3-6-15-7-9-16/h1-2,4-5,13,15,17H,3,6-10H2. The van der Waals surface area contributed by atoms with Gasteiger partial charge >= 0.3 is 0 Å². The van der Waals surface area contributed by atoms with Gasteiger partial charge in [-0.05, 0) is 19.0 Å². The van der Waals surface area contributed by atoms with Crippen LogP contribution in [0.15, 0.2) is 24.3 Å². The SMILES string of the molecule is OCC(c1ccccc1F)N1CCCNCC1. The summed E-state index contributed by atoms with van der Waals surface area (Å²) < 4.78 is 13.7. The summed E-state index contributed by atoms with van der Waals surface area (Å²) in [5, 5.41) is 12.8. The number of hydrogen-bond acceptors (Lipinski definition) is 3. The van der Waals surface area contributed by atoms with Crippen molar-refractivity contribution in [3.05, 3.63) is 35.6 Å². The molecule has 4 heteroatoms. The van der Waals surface area contributed by atoms with Gasteiger partial charge in [0.05, 0.1) is 12.6 Å². The normalized spacial score (nSPS) is 19.9. The molecule has 0 radical (unpaired) electrons. The maximum absolute atomic E-state index is 13.7. The van der Waals surface area contributed by atoms with Crippen LogP contribution in [0.5, 0.6) is 0 Å². The molecule has 94 valence electrons. The Morgan fingerprint density at radius 1 is 1.29 bits per heavy atom. The zero-order chi connectivity index (χ0) is 12.1. The molecule has 0 bridgehead atoms. The fourth-order valence-electron chi connectivity index (χ4n) is 2.33. The van der Waals surface area contributed by atoms with Gasteiger partial charge in [-0.15, -0.1) is 0 Å². The Kier molecular flexibility index (Phi) is 4.48. The fourth-order valence-corrected chi connectivity index (χ4v) is 2.33. The second-order valence-electron chi connectivity index (χ2n) is 4.36. The lowest BCUT2D eigenvalue weighted by atomic mass is 10.1. The molecule has 3 nitrogen and oxygen atoms in total. The van der Waals surface area contributed by atoms with E-state index in [2.05, 4.69) is 10.2 Å². The van der Waals surface area contributed by atoms with Gasteiger partial charge in [0.1, 0.15) is 5.82 Å². The minimum absolute atomic E-state index is 0.0407. The predicted molar refractivity (Wildman–Crippen MR) is 65.3 cm³/mol. The van der Waals surface area contributed by atoms with Crippen LogP contribution in [-0.2, 0) is 0 Å². The minimum atomic E-state index is -0.233. The zero-order valence-electron chi connectivity index (χ0n) is 9.90. The Balaban J connectivity index is 2.17. The molecule has 1 heterocycles. The van der Waals surface area contributed by atoms with Crippen molar-refractivity contribution in [2.75, 3.05) is 32.8 Å². The molecule has 0 amide bonds. The molecule has 1 aliphatic heterocycles. The van der Waals surface area contributed by atoms with Crippen LogP contribution in [0.1, 0.15) is 18.0 Å². The molecule has 1 aromatic carbocycles. The van der Waals surface area contributed by atoms with E-state index in [4.69, 9.17) is 0 Å². The van der Waals surface area contributed by atoms with E-state index in [-0.39, 0.29) is 18.5 Å². The molecule has 0 saturated carbocycles. The van der Waals surface area contributed by atoms with Crippen molar-refractivity contribution in [3.8, 4) is 0 Å². The Hall–Kier alpha value is -0.970. The molecular formula is C13H19FN2O. The van der Waals surface area contributed by atoms with Gasteiger partial charge in [-0.1, -0.05) is 18.2 Å². The predicted octanol–water partition coefficient (Wildman–Crippen LogP) is 1.15. The van der Waals surface area contributed by atoms with Gasteiger partial charge < -0.3 is 10.4 Å². The monoisotopic (exact) mass is 238 g/mol. The van der Waals surface area contributed by atoms with Crippen molar-refractivity contribution >= 4 is 0 Å². The second kappa shape index (κ2) is 6.10. The summed E-state index contributed by atoms with van der Waals surface area (Å²) in [6.07, 6.45) is 1.03. The van der Waals surface area contributed by atoms with Gasteiger partial charge in [0.15, 0.2) is 0 Å². The van der Waals surface area contributed by atoms with Crippen molar-refractivity contribution in [1.29, 1.82) is 0 Å². The zero-order valence-corrected chi connectivity index (χ0v) is 9.90. The molecule has 1 saturated heterocycles. The van der Waals surface area contributed by atoms with Crippen LogP contribution in [0.2, 0.25) is 0 Å². The van der Waals surface area contributed by atoms with Crippen molar-refractivity contribution in [2.24, 2.45) is 0 Å². The molecule has 0 aromatic heterocycles. The van der Waals surface area contributed by atoms with Crippen molar-refractivity contribution < 1.29 is 9.50 Å². The summed E-state index contributed by atoms with van der Waals surface area (Å²) >= 11 is 0. The van der Waals surface area contributed by atoms with E-state index in [1.165, 1.54) is 6.07 Å². The summed E-state index contributed by atoms with van der Waals surface area (Å²) in [7, 11) is 0. The maximum atomic E-state index is 13.7. The Morgan fingerprint density at radius 2 is 2.12 bits per heavy atom. The van der Waals surface area contributed by atoms with Crippen LogP contribution < -0.4 is 5.32 Å². The molecule has 0 aliphatic carbocycles. The molecular weight excluding hydrogens is 219 g/mol. The molecule has 2 rings (SSSR count). The van der Waals surface area contributed by atoms with Gasteiger partial charge in [-0.3, -0.25) is 4.90 Å². The van der Waals surface area contributed by atoms with Crippen molar-refractivity contribution in [3.63, 3.8) is 0 Å². The lowest BCUT2D eigenvalue weighted by Crippen LogP contribution is -2.34. The van der Waals surface area contributed by atoms with Crippen LogP contribution >= 0.6 is 0 Å². The van der Waals surface area contributed by atoms with E-state index >= 15 is 0 Å². The highest BCUT2D eigenvalue weighted by Gasteiger charge is 2.22. The highest BCUT2D eigenvalue weighted by Crippen LogP contribution is 2.23. The van der Waals surface area contributed by atoms with E-state index in [0.29, 0.717) is 5.56 Å². The Bertz CT molecular complexity index is 351. The number of aliphatic hydroxyl groups is 1. The molecule has 0 spiro atoms. The third-order valence-electron chi connectivity index (χ3n) is 3.25. The number of nitrogens with one attached hydrogen (secondary N) is 1. The summed E-state index contributed by atoms with van der Waals surface area (Å²) in [4.78, 5) is 2.15. The van der Waals surface area contributed by atoms with E-state index in [0.717, 1.165) is 32.6 Å². The number of rotatable bonds is 3. The average Bonchev–Trinajstić information content (AvgIpc) is 2.62. The van der Waals surface area contributed by atoms with Gasteiger partial charge in [0.25, 0.3) is 0 Å². The summed E-state index contributed by atoms with van der Waals surface area (Å²) in [5.74, 6) is -0.233. The molecule has 1 fully saturated rings. The molecule has 1 aliphatic rings. The fraction of sp³-hybridized carbons (Fsp3) is 0.538. The van der Waals surface area contributed by atoms with Gasteiger partial charge in [-0.25, -0.2) is 4.39 Å². The van der Waals surface area contributed by atoms with Crippen molar-refractivity contribution in [1.82, 2.24) is 10.2 Å². The first kappa shape index (κ1) is 12.5. The largest absolute Gasteiger partial charge is 0.394 e. The smallest absolute Gasteiger partial charge is 0.128 e. The Labute approximate surface area is 101 Å². The van der Waals surface area contributed by atoms with Gasteiger partial charge in [0.2, 0.25) is 0 Å². The lowest BCUT2D eigenvalue weighted by molar-refractivity contribution is 0.127. The minimum Gasteiger partial charge on any atom is -0.394 e. The van der Waals surface area contributed by atoms with E-state index in [9.17, 15) is 9.50 Å². The first-order valence-electron chi connectivity index (χ1n) is 6.13. The topological polar surface area (TPSA) is 35.5 Å². The Morgan fingerprint density at radius 3 is 2.88 bits per heavy atom. The number of nitrogens with zero attached hydrogens (tertiary/aromatic N) is 1. The van der Waals surface area contributed by atoms with Gasteiger partial charge in [-0.2, -0.15) is 0 Å². The maximum Gasteiger partial charge on any atom is 0.128 e. The first-order chi connectivity index (χ1) is 8.33. The number of benzene rings is 1. The number of halogens is 1. The van der Waals surface area contributed by atoms with Crippen LogP contribution in [0.25, 0.3) is 0 Å². The quantitative estimate of drug-likeness (QED) is 0.829. The summed E-state index contributed by atoms with van der Waals surface area (Å²) in [6, 6.07) is 6.48. The van der Waals surface area contributed by atoms with Crippen LogP contribution in [0.3, 0.4) is 0 Å². The van der Waals surface area contributed by atoms with Crippen LogP contribution in [0.4, 0.5) is 4.39 Å². The van der Waals surface area contributed by atoms with Crippen LogP contribution in [-0.4, -0.2) is 42.8 Å². The third kappa shape index (κ3) is 3.03. The molecule has 17 heavy (non-hydrogen) atoms. The van der Waals surface area contributed by atoms with E-state index in [1.54, 1.807) is 12.1 Å². The summed E-state index contributed by atoms with van der Waals surface area (Å²) in [6.45, 7) is 3.59. The van der Waals surface area contributed by atoms with E-state index < -0.39 is 0 Å². The molecule has 1 unspecified atom stereocenters. The highest BCUT2D eigenvalue weighted by atomic mass is 19.1. The second-order valence-corrected chi connectivity index (χ2v) is 4.36. The molecule has 1 atom stereocenters. The molecule has 1 aromatic rings. The number of hydrogen-bond donors (Lipinski definition) is 2. The first-order valence-corrected chi connectivity index (χ1v) is 6.13. The van der Waals surface area contributed by atoms with E-state index in [1.807, 2.05) is 6.07 Å².